The number of hydrogen-bond acceptors (Lipinski definition) is 6. The Balaban J connectivity index is 2.55. The molecule has 1 aromatic rings. The number of anilines is 1. The average Bonchev–Trinajstić information content (AvgIpc) is 2.65. The van der Waals surface area contributed by atoms with Gasteiger partial charge >= 0.3 is 7.12 Å². The molecule has 21 heavy (non-hydrogen) atoms. The molecule has 6 nitrogen and oxygen atoms in total. The number of aromatic nitrogens is 1. The molecule has 110 valence electrons. The average molecular weight is 286 g/mol. The Morgan fingerprint density at radius 2 is 1.90 bits per heavy atom. The van der Waals surface area contributed by atoms with Gasteiger partial charge in [-0.2, -0.15) is 5.26 Å². The molecular weight excluding hydrogens is 267 g/mol. The number of hydrogen-bond donors (Lipinski definition) is 2. The van der Waals surface area contributed by atoms with Gasteiger partial charge in [0.15, 0.2) is 0 Å². The van der Waals surface area contributed by atoms with Gasteiger partial charge in [0.1, 0.15) is 17.5 Å². The van der Waals surface area contributed by atoms with Crippen LogP contribution in [0, 0.1) is 16.7 Å². The fourth-order valence-corrected chi connectivity index (χ4v) is 2.18. The first-order valence-electron chi connectivity index (χ1n) is 6.74. The summed E-state index contributed by atoms with van der Waals surface area (Å²) in [6.07, 6.45) is 1.11. The maximum absolute atomic E-state index is 9.10. The molecule has 0 spiro atoms. The van der Waals surface area contributed by atoms with E-state index in [-0.39, 0.29) is 5.69 Å². The molecule has 0 aliphatic carbocycles. The SMILES string of the molecule is CNc1c(B2OC(C)(C)C(C)(C)O2)cc(C#N)nc1C=N. The number of nitriles is 1. The van der Waals surface area contributed by atoms with E-state index in [2.05, 4.69) is 10.3 Å². The summed E-state index contributed by atoms with van der Waals surface area (Å²) in [7, 11) is 1.14. The second-order valence-corrected chi connectivity index (χ2v) is 5.95. The van der Waals surface area contributed by atoms with Gasteiger partial charge in [-0.1, -0.05) is 0 Å². The van der Waals surface area contributed by atoms with Crippen LogP contribution in [0.2, 0.25) is 0 Å². The summed E-state index contributed by atoms with van der Waals surface area (Å²) in [6.45, 7) is 7.87. The van der Waals surface area contributed by atoms with Gasteiger partial charge in [-0.3, -0.25) is 0 Å². The quantitative estimate of drug-likeness (QED) is 0.645. The molecule has 2 rings (SSSR count). The van der Waals surface area contributed by atoms with Crippen molar-refractivity contribution in [1.29, 1.82) is 10.7 Å². The molecule has 0 aromatic carbocycles. The Labute approximate surface area is 125 Å². The summed E-state index contributed by atoms with van der Waals surface area (Å²) in [5, 5.41) is 19.6. The predicted molar refractivity (Wildman–Crippen MR) is 82.1 cm³/mol. The lowest BCUT2D eigenvalue weighted by Gasteiger charge is -2.32. The van der Waals surface area contributed by atoms with E-state index in [4.69, 9.17) is 20.0 Å². The second kappa shape index (κ2) is 5.13. The summed E-state index contributed by atoms with van der Waals surface area (Å²) in [6, 6.07) is 3.64. The van der Waals surface area contributed by atoms with Crippen molar-refractivity contribution in [2.45, 2.75) is 38.9 Å². The molecule has 0 saturated carbocycles. The van der Waals surface area contributed by atoms with Crippen molar-refractivity contribution in [2.24, 2.45) is 0 Å². The van der Waals surface area contributed by atoms with E-state index < -0.39 is 18.3 Å². The fourth-order valence-electron chi connectivity index (χ4n) is 2.18. The molecule has 0 amide bonds. The maximum atomic E-state index is 9.10. The minimum Gasteiger partial charge on any atom is -0.399 e. The standard InChI is InChI=1S/C14H19BN4O2/c1-13(2)14(3,4)21-15(20-13)10-6-9(7-16)19-11(8-17)12(10)18-5/h6,8,17-18H,1-5H3. The van der Waals surface area contributed by atoms with Crippen LogP contribution >= 0.6 is 0 Å². The van der Waals surface area contributed by atoms with Gasteiger partial charge < -0.3 is 20.0 Å². The van der Waals surface area contributed by atoms with Crippen molar-refractivity contribution < 1.29 is 9.31 Å². The number of nitrogens with one attached hydrogen (secondary N) is 2. The Morgan fingerprint density at radius 3 is 2.33 bits per heavy atom. The highest BCUT2D eigenvalue weighted by Gasteiger charge is 2.52. The highest BCUT2D eigenvalue weighted by atomic mass is 16.7. The number of rotatable bonds is 3. The molecule has 0 radical (unpaired) electrons. The van der Waals surface area contributed by atoms with Crippen molar-refractivity contribution in [1.82, 2.24) is 4.98 Å². The van der Waals surface area contributed by atoms with Crippen LogP contribution in [0.15, 0.2) is 6.07 Å². The summed E-state index contributed by atoms with van der Waals surface area (Å²) >= 11 is 0. The lowest BCUT2D eigenvalue weighted by atomic mass is 9.77. The van der Waals surface area contributed by atoms with Crippen LogP contribution in [0.5, 0.6) is 0 Å². The van der Waals surface area contributed by atoms with E-state index in [1.54, 1.807) is 13.1 Å². The van der Waals surface area contributed by atoms with Crippen LogP contribution in [0.25, 0.3) is 0 Å². The Bertz CT molecular complexity index is 606. The van der Waals surface area contributed by atoms with Gasteiger partial charge in [0, 0.05) is 18.7 Å². The number of pyridine rings is 1. The third kappa shape index (κ3) is 2.52. The normalized spacial score (nSPS) is 19.1. The Morgan fingerprint density at radius 1 is 1.33 bits per heavy atom. The zero-order chi connectivity index (χ0) is 15.8. The molecular formula is C14H19BN4O2. The third-order valence-electron chi connectivity index (χ3n) is 4.09. The van der Waals surface area contributed by atoms with Crippen LogP contribution in [0.1, 0.15) is 39.1 Å². The second-order valence-electron chi connectivity index (χ2n) is 5.95. The van der Waals surface area contributed by atoms with Crippen LogP contribution in [0.3, 0.4) is 0 Å². The van der Waals surface area contributed by atoms with E-state index in [0.717, 1.165) is 6.21 Å². The minimum atomic E-state index is -0.605. The van der Waals surface area contributed by atoms with Crippen molar-refractivity contribution in [3.05, 3.63) is 17.5 Å². The van der Waals surface area contributed by atoms with Crippen LogP contribution in [-0.2, 0) is 9.31 Å². The van der Waals surface area contributed by atoms with E-state index in [1.165, 1.54) is 0 Å². The molecule has 1 fully saturated rings. The maximum Gasteiger partial charge on any atom is 0.497 e. The topological polar surface area (TPSA) is 91.0 Å². The Hall–Kier alpha value is -1.91. The smallest absolute Gasteiger partial charge is 0.399 e. The number of nitrogens with zero attached hydrogens (tertiary/aromatic N) is 2. The van der Waals surface area contributed by atoms with E-state index >= 15 is 0 Å². The van der Waals surface area contributed by atoms with E-state index in [9.17, 15) is 0 Å². The van der Waals surface area contributed by atoms with Crippen molar-refractivity contribution >= 4 is 24.5 Å². The summed E-state index contributed by atoms with van der Waals surface area (Å²) in [5.41, 5.74) is 1.01. The first-order chi connectivity index (χ1) is 9.75. The lowest BCUT2D eigenvalue weighted by molar-refractivity contribution is 0.00578. The summed E-state index contributed by atoms with van der Waals surface area (Å²) < 4.78 is 12.0. The molecule has 2 N–H and O–H groups in total. The van der Waals surface area contributed by atoms with Crippen molar-refractivity contribution in [3.8, 4) is 6.07 Å². The molecule has 2 heterocycles. The highest BCUT2D eigenvalue weighted by Crippen LogP contribution is 2.37. The molecule has 1 aliphatic rings. The molecule has 0 bridgehead atoms. The lowest BCUT2D eigenvalue weighted by Crippen LogP contribution is -2.41. The Kier molecular flexibility index (Phi) is 3.78. The first kappa shape index (κ1) is 15.5. The zero-order valence-corrected chi connectivity index (χ0v) is 12.9. The molecule has 1 saturated heterocycles. The van der Waals surface area contributed by atoms with Crippen LogP contribution < -0.4 is 10.8 Å². The van der Waals surface area contributed by atoms with Crippen LogP contribution in [-0.4, -0.2) is 36.6 Å². The highest BCUT2D eigenvalue weighted by molar-refractivity contribution is 6.64. The van der Waals surface area contributed by atoms with Gasteiger partial charge in [-0.25, -0.2) is 4.98 Å². The summed E-state index contributed by atoms with van der Waals surface area (Å²) in [4.78, 5) is 4.11. The van der Waals surface area contributed by atoms with Gasteiger partial charge in [0.2, 0.25) is 0 Å². The largest absolute Gasteiger partial charge is 0.497 e. The fraction of sp³-hybridized carbons (Fsp3) is 0.500. The van der Waals surface area contributed by atoms with Crippen molar-refractivity contribution in [3.63, 3.8) is 0 Å². The minimum absolute atomic E-state index is 0.234. The predicted octanol–water partition coefficient (Wildman–Crippen LogP) is 1.29. The molecule has 7 heteroatoms. The molecule has 0 atom stereocenters. The summed E-state index contributed by atoms with van der Waals surface area (Å²) in [5.74, 6) is 0. The zero-order valence-electron chi connectivity index (χ0n) is 12.9. The monoisotopic (exact) mass is 286 g/mol. The molecule has 0 unspecified atom stereocenters. The van der Waals surface area contributed by atoms with Gasteiger partial charge in [-0.05, 0) is 33.8 Å². The van der Waals surface area contributed by atoms with Gasteiger partial charge in [-0.15, -0.1) is 0 Å². The third-order valence-corrected chi connectivity index (χ3v) is 4.09. The van der Waals surface area contributed by atoms with Crippen LogP contribution in [0.4, 0.5) is 5.69 Å². The van der Waals surface area contributed by atoms with Crippen molar-refractivity contribution in [2.75, 3.05) is 12.4 Å². The molecule has 1 aromatic heterocycles. The van der Waals surface area contributed by atoms with Gasteiger partial charge in [0.25, 0.3) is 0 Å². The van der Waals surface area contributed by atoms with E-state index in [1.807, 2.05) is 33.8 Å². The van der Waals surface area contributed by atoms with E-state index in [0.29, 0.717) is 16.8 Å². The van der Waals surface area contributed by atoms with Gasteiger partial charge in [0.05, 0.1) is 16.9 Å². The first-order valence-corrected chi connectivity index (χ1v) is 6.74. The molecule has 1 aliphatic heterocycles.